The number of aromatic nitrogens is 1. The Labute approximate surface area is 123 Å². The maximum atomic E-state index is 11.5. The lowest BCUT2D eigenvalue weighted by atomic mass is 9.90. The summed E-state index contributed by atoms with van der Waals surface area (Å²) in [5, 5.41) is 20.6. The highest BCUT2D eigenvalue weighted by Crippen LogP contribution is 2.39. The molecule has 2 atom stereocenters. The maximum absolute atomic E-state index is 11.5. The van der Waals surface area contributed by atoms with Crippen LogP contribution in [-0.2, 0) is 4.79 Å². The van der Waals surface area contributed by atoms with E-state index in [9.17, 15) is 20.0 Å². The van der Waals surface area contributed by atoms with Crippen LogP contribution in [-0.4, -0.2) is 33.6 Å². The topological polar surface area (TPSA) is 96.6 Å². The van der Waals surface area contributed by atoms with E-state index in [4.69, 9.17) is 0 Å². The molecule has 1 aromatic heterocycles. The fourth-order valence-corrected chi connectivity index (χ4v) is 3.20. The van der Waals surface area contributed by atoms with E-state index in [-0.39, 0.29) is 11.6 Å². The third-order valence-corrected chi connectivity index (χ3v) is 4.10. The first kappa shape index (κ1) is 14.7. The molecule has 0 spiro atoms. The molecule has 1 aliphatic heterocycles. The average molecular weight is 344 g/mol. The minimum Gasteiger partial charge on any atom is -0.480 e. The molecule has 0 amide bonds. The molecule has 2 rings (SSSR count). The highest BCUT2D eigenvalue weighted by Gasteiger charge is 2.38. The Bertz CT molecular complexity index is 552. The number of carbonyl (C=O) groups is 1. The first-order chi connectivity index (χ1) is 9.43. The molecule has 0 saturated carbocycles. The lowest BCUT2D eigenvalue weighted by Crippen LogP contribution is -2.49. The molecule has 1 aromatic rings. The van der Waals surface area contributed by atoms with E-state index in [0.717, 1.165) is 19.0 Å². The van der Waals surface area contributed by atoms with Crippen molar-refractivity contribution in [2.45, 2.75) is 25.8 Å². The number of nitrogens with zero attached hydrogens (tertiary/aromatic N) is 3. The number of hydrogen-bond acceptors (Lipinski definition) is 5. The molecule has 0 bridgehead atoms. The van der Waals surface area contributed by atoms with Crippen LogP contribution in [0, 0.1) is 16.0 Å². The maximum Gasteiger partial charge on any atom is 0.326 e. The van der Waals surface area contributed by atoms with E-state index in [1.807, 2.05) is 6.92 Å². The van der Waals surface area contributed by atoms with Crippen LogP contribution in [0.3, 0.4) is 0 Å². The summed E-state index contributed by atoms with van der Waals surface area (Å²) >= 11 is 3.25. The Morgan fingerprint density at radius 2 is 2.30 bits per heavy atom. The number of carboxylic acid groups (broad SMARTS) is 1. The van der Waals surface area contributed by atoms with Crippen LogP contribution in [0.5, 0.6) is 0 Å². The van der Waals surface area contributed by atoms with Crippen LogP contribution >= 0.6 is 15.9 Å². The Morgan fingerprint density at radius 1 is 1.60 bits per heavy atom. The monoisotopic (exact) mass is 343 g/mol. The van der Waals surface area contributed by atoms with Gasteiger partial charge in [0.25, 0.3) is 0 Å². The normalized spacial score (nSPS) is 22.6. The van der Waals surface area contributed by atoms with Gasteiger partial charge in [0.1, 0.15) is 17.9 Å². The SMILES string of the molecule is CC1CCCN(c2c(Br)cncc2[N+](=O)[O-])C1C(=O)O. The van der Waals surface area contributed by atoms with E-state index < -0.39 is 16.9 Å². The van der Waals surface area contributed by atoms with Gasteiger partial charge in [-0.15, -0.1) is 0 Å². The van der Waals surface area contributed by atoms with Gasteiger partial charge in [0.15, 0.2) is 0 Å². The van der Waals surface area contributed by atoms with Crippen LogP contribution in [0.15, 0.2) is 16.9 Å². The fraction of sp³-hybridized carbons (Fsp3) is 0.500. The molecule has 1 fully saturated rings. The molecule has 1 aliphatic rings. The van der Waals surface area contributed by atoms with E-state index in [0.29, 0.717) is 16.7 Å². The molecule has 8 heteroatoms. The second kappa shape index (κ2) is 5.74. The summed E-state index contributed by atoms with van der Waals surface area (Å²) in [5.41, 5.74) is 0.115. The van der Waals surface area contributed by atoms with Crippen molar-refractivity contribution in [3.63, 3.8) is 0 Å². The Balaban J connectivity index is 2.53. The van der Waals surface area contributed by atoms with E-state index in [2.05, 4.69) is 20.9 Å². The van der Waals surface area contributed by atoms with Gasteiger partial charge in [-0.2, -0.15) is 0 Å². The van der Waals surface area contributed by atoms with E-state index in [1.165, 1.54) is 6.20 Å². The van der Waals surface area contributed by atoms with Gasteiger partial charge >= 0.3 is 11.7 Å². The predicted molar refractivity (Wildman–Crippen MR) is 75.8 cm³/mol. The molecule has 20 heavy (non-hydrogen) atoms. The number of piperidine rings is 1. The fourth-order valence-electron chi connectivity index (χ4n) is 2.65. The van der Waals surface area contributed by atoms with Crippen LogP contribution in [0.4, 0.5) is 11.4 Å². The smallest absolute Gasteiger partial charge is 0.326 e. The number of nitro groups is 1. The standard InChI is InChI=1S/C12H14BrN3O4/c1-7-3-2-4-15(10(7)12(17)18)11-8(13)5-14-6-9(11)16(19)20/h5-7,10H,2-4H2,1H3,(H,17,18). The van der Waals surface area contributed by atoms with Gasteiger partial charge in [-0.25, -0.2) is 4.79 Å². The van der Waals surface area contributed by atoms with Gasteiger partial charge in [-0.1, -0.05) is 6.92 Å². The molecule has 1 N–H and O–H groups in total. The number of aliphatic carboxylic acids is 1. The molecule has 0 radical (unpaired) electrons. The first-order valence-corrected chi connectivity index (χ1v) is 7.00. The number of carboxylic acids is 1. The van der Waals surface area contributed by atoms with Crippen molar-refractivity contribution in [3.05, 3.63) is 27.0 Å². The van der Waals surface area contributed by atoms with Gasteiger partial charge in [0.2, 0.25) is 0 Å². The van der Waals surface area contributed by atoms with Crippen molar-refractivity contribution in [2.24, 2.45) is 5.92 Å². The summed E-state index contributed by atoms with van der Waals surface area (Å²) in [7, 11) is 0. The van der Waals surface area contributed by atoms with Crippen LogP contribution < -0.4 is 4.90 Å². The van der Waals surface area contributed by atoms with Gasteiger partial charge in [-0.05, 0) is 34.7 Å². The third-order valence-electron chi connectivity index (χ3n) is 3.52. The molecule has 7 nitrogen and oxygen atoms in total. The number of halogens is 1. The summed E-state index contributed by atoms with van der Waals surface area (Å²) in [5.74, 6) is -1.03. The highest BCUT2D eigenvalue weighted by atomic mass is 79.9. The van der Waals surface area contributed by atoms with Gasteiger partial charge in [0, 0.05) is 12.7 Å². The summed E-state index contributed by atoms with van der Waals surface area (Å²) in [6.07, 6.45) is 4.19. The van der Waals surface area contributed by atoms with Crippen LogP contribution in [0.1, 0.15) is 19.8 Å². The summed E-state index contributed by atoms with van der Waals surface area (Å²) in [6.45, 7) is 2.33. The summed E-state index contributed by atoms with van der Waals surface area (Å²) < 4.78 is 0.437. The van der Waals surface area contributed by atoms with E-state index >= 15 is 0 Å². The second-order valence-corrected chi connectivity index (χ2v) is 5.70. The third kappa shape index (κ3) is 2.60. The summed E-state index contributed by atoms with van der Waals surface area (Å²) in [6, 6.07) is -0.763. The van der Waals surface area contributed by atoms with E-state index in [1.54, 1.807) is 4.90 Å². The minimum atomic E-state index is -0.963. The number of pyridine rings is 1. The molecular formula is C12H14BrN3O4. The zero-order chi connectivity index (χ0) is 14.9. The zero-order valence-electron chi connectivity index (χ0n) is 10.8. The highest BCUT2D eigenvalue weighted by molar-refractivity contribution is 9.10. The van der Waals surface area contributed by atoms with Gasteiger partial charge in [0.05, 0.1) is 9.40 Å². The van der Waals surface area contributed by atoms with Crippen LogP contribution in [0.2, 0.25) is 0 Å². The van der Waals surface area contributed by atoms with Gasteiger partial charge < -0.3 is 10.0 Å². The molecule has 0 aliphatic carbocycles. The predicted octanol–water partition coefficient (Wildman–Crippen LogP) is 2.44. The number of rotatable bonds is 3. The molecular weight excluding hydrogens is 330 g/mol. The molecule has 2 unspecified atom stereocenters. The lowest BCUT2D eigenvalue weighted by molar-refractivity contribution is -0.384. The second-order valence-electron chi connectivity index (χ2n) is 4.84. The van der Waals surface area contributed by atoms with Crippen molar-refractivity contribution in [2.75, 3.05) is 11.4 Å². The van der Waals surface area contributed by atoms with Crippen LogP contribution in [0.25, 0.3) is 0 Å². The Hall–Kier alpha value is -1.70. The van der Waals surface area contributed by atoms with Crippen molar-refractivity contribution < 1.29 is 14.8 Å². The average Bonchev–Trinajstić information content (AvgIpc) is 2.37. The van der Waals surface area contributed by atoms with Gasteiger partial charge in [-0.3, -0.25) is 15.1 Å². The number of hydrogen-bond donors (Lipinski definition) is 1. The van der Waals surface area contributed by atoms with Crippen molar-refractivity contribution in [3.8, 4) is 0 Å². The Kier molecular flexibility index (Phi) is 4.22. The zero-order valence-corrected chi connectivity index (χ0v) is 12.4. The molecule has 108 valence electrons. The molecule has 1 saturated heterocycles. The number of anilines is 1. The summed E-state index contributed by atoms with van der Waals surface area (Å²) in [4.78, 5) is 27.5. The lowest BCUT2D eigenvalue weighted by Gasteiger charge is -2.38. The molecule has 0 aromatic carbocycles. The van der Waals surface area contributed by atoms with Crippen molar-refractivity contribution in [1.29, 1.82) is 0 Å². The van der Waals surface area contributed by atoms with Crippen molar-refractivity contribution in [1.82, 2.24) is 4.98 Å². The minimum absolute atomic E-state index is 0.0686. The first-order valence-electron chi connectivity index (χ1n) is 6.20. The molecule has 2 heterocycles. The quantitative estimate of drug-likeness (QED) is 0.668. The largest absolute Gasteiger partial charge is 0.480 e. The Morgan fingerprint density at radius 3 is 2.90 bits per heavy atom. The van der Waals surface area contributed by atoms with Crippen molar-refractivity contribution >= 4 is 33.3 Å².